The number of benzene rings is 1. The molecule has 0 radical (unpaired) electrons. The van der Waals surface area contributed by atoms with Crippen molar-refractivity contribution in [2.24, 2.45) is 0 Å². The van der Waals surface area contributed by atoms with Crippen LogP contribution in [0.15, 0.2) is 6.07 Å². The van der Waals surface area contributed by atoms with E-state index in [1.165, 1.54) is 0 Å². The molecule has 4 heteroatoms. The number of piperazine rings is 1. The maximum absolute atomic E-state index is 13.9. The lowest BCUT2D eigenvalue weighted by molar-refractivity contribution is 0.532. The molecule has 0 aliphatic carbocycles. The first kappa shape index (κ1) is 11.3. The van der Waals surface area contributed by atoms with Gasteiger partial charge >= 0.3 is 0 Å². The Balaban J connectivity index is 2.45. The van der Waals surface area contributed by atoms with Crippen LogP contribution < -0.4 is 10.2 Å². The highest BCUT2D eigenvalue weighted by Gasteiger charge is 2.21. The molecular weight excluding hydrogens is 210 g/mol. The second-order valence-electron chi connectivity index (χ2n) is 4.22. The van der Waals surface area contributed by atoms with Gasteiger partial charge in [-0.15, -0.1) is 0 Å². The van der Waals surface area contributed by atoms with Gasteiger partial charge in [-0.05, 0) is 25.0 Å². The quantitative estimate of drug-likeness (QED) is 0.787. The molecule has 0 bridgehead atoms. The lowest BCUT2D eigenvalue weighted by Gasteiger charge is -2.30. The minimum absolute atomic E-state index is 0.138. The second kappa shape index (κ2) is 4.37. The van der Waals surface area contributed by atoms with Crippen molar-refractivity contribution in [1.29, 1.82) is 0 Å². The molecule has 2 rings (SSSR count). The van der Waals surface area contributed by atoms with Crippen molar-refractivity contribution in [3.63, 3.8) is 0 Å². The van der Waals surface area contributed by atoms with Crippen LogP contribution in [0, 0.1) is 25.5 Å². The number of hydrogen-bond acceptors (Lipinski definition) is 2. The zero-order valence-corrected chi connectivity index (χ0v) is 9.61. The molecule has 0 spiro atoms. The van der Waals surface area contributed by atoms with E-state index in [4.69, 9.17) is 0 Å². The Kier molecular flexibility index (Phi) is 3.10. The Hall–Kier alpha value is -1.16. The fourth-order valence-electron chi connectivity index (χ4n) is 2.09. The number of aryl methyl sites for hydroxylation is 2. The van der Waals surface area contributed by atoms with E-state index in [2.05, 4.69) is 5.32 Å². The van der Waals surface area contributed by atoms with Crippen molar-refractivity contribution in [2.75, 3.05) is 31.1 Å². The highest BCUT2D eigenvalue weighted by molar-refractivity contribution is 5.54. The molecule has 1 fully saturated rings. The Morgan fingerprint density at radius 1 is 1.06 bits per heavy atom. The highest BCUT2D eigenvalue weighted by Crippen LogP contribution is 2.28. The largest absolute Gasteiger partial charge is 0.364 e. The molecule has 0 amide bonds. The molecule has 88 valence electrons. The fourth-order valence-corrected chi connectivity index (χ4v) is 2.09. The standard InChI is InChI=1S/C12H16F2N2/c1-8-7-9(2)11(14)12(10(8)13)16-5-3-15-4-6-16/h7,15H,3-6H2,1-2H3. The molecule has 0 unspecified atom stereocenters. The van der Waals surface area contributed by atoms with Gasteiger partial charge in [-0.2, -0.15) is 0 Å². The minimum Gasteiger partial charge on any atom is -0.364 e. The van der Waals surface area contributed by atoms with Crippen LogP contribution in [0.2, 0.25) is 0 Å². The molecule has 0 atom stereocenters. The molecule has 1 N–H and O–H groups in total. The number of nitrogens with zero attached hydrogens (tertiary/aromatic N) is 1. The van der Waals surface area contributed by atoms with E-state index < -0.39 is 11.6 Å². The predicted molar refractivity (Wildman–Crippen MR) is 60.9 cm³/mol. The zero-order chi connectivity index (χ0) is 11.7. The first-order valence-electron chi connectivity index (χ1n) is 5.52. The van der Waals surface area contributed by atoms with Gasteiger partial charge in [0.15, 0.2) is 11.6 Å². The van der Waals surface area contributed by atoms with Crippen molar-refractivity contribution in [2.45, 2.75) is 13.8 Å². The maximum atomic E-state index is 13.9. The van der Waals surface area contributed by atoms with Crippen LogP contribution in [-0.2, 0) is 0 Å². The smallest absolute Gasteiger partial charge is 0.152 e. The minimum atomic E-state index is -0.426. The van der Waals surface area contributed by atoms with Gasteiger partial charge in [0.1, 0.15) is 5.69 Å². The average molecular weight is 226 g/mol. The lowest BCUT2D eigenvalue weighted by Crippen LogP contribution is -2.44. The molecule has 1 saturated heterocycles. The Morgan fingerprint density at radius 2 is 1.56 bits per heavy atom. The zero-order valence-electron chi connectivity index (χ0n) is 9.61. The number of nitrogens with one attached hydrogen (secondary N) is 1. The van der Waals surface area contributed by atoms with E-state index in [-0.39, 0.29) is 5.69 Å². The molecule has 1 heterocycles. The second-order valence-corrected chi connectivity index (χ2v) is 4.22. The lowest BCUT2D eigenvalue weighted by atomic mass is 10.1. The summed E-state index contributed by atoms with van der Waals surface area (Å²) in [5.74, 6) is -0.852. The van der Waals surface area contributed by atoms with Crippen LogP contribution in [0.4, 0.5) is 14.5 Å². The van der Waals surface area contributed by atoms with E-state index in [1.54, 1.807) is 24.8 Å². The van der Waals surface area contributed by atoms with Crippen molar-refractivity contribution in [3.05, 3.63) is 28.8 Å². The molecule has 2 nitrogen and oxygen atoms in total. The van der Waals surface area contributed by atoms with E-state index in [9.17, 15) is 8.78 Å². The summed E-state index contributed by atoms with van der Waals surface area (Å²) in [7, 11) is 0. The number of hydrogen-bond donors (Lipinski definition) is 1. The summed E-state index contributed by atoms with van der Waals surface area (Å²) >= 11 is 0. The van der Waals surface area contributed by atoms with Crippen LogP contribution in [0.3, 0.4) is 0 Å². The Bertz CT molecular complexity index is 372. The first-order chi connectivity index (χ1) is 7.61. The van der Waals surface area contributed by atoms with Gasteiger partial charge in [0.2, 0.25) is 0 Å². The Labute approximate surface area is 94.3 Å². The third-order valence-electron chi connectivity index (χ3n) is 2.97. The van der Waals surface area contributed by atoms with Crippen molar-refractivity contribution < 1.29 is 8.78 Å². The SMILES string of the molecule is Cc1cc(C)c(F)c(N2CCNCC2)c1F. The fraction of sp³-hybridized carbons (Fsp3) is 0.500. The van der Waals surface area contributed by atoms with Gasteiger partial charge in [0.25, 0.3) is 0 Å². The summed E-state index contributed by atoms with van der Waals surface area (Å²) in [4.78, 5) is 1.78. The van der Waals surface area contributed by atoms with Crippen LogP contribution >= 0.6 is 0 Å². The van der Waals surface area contributed by atoms with E-state index in [0.717, 1.165) is 13.1 Å². The van der Waals surface area contributed by atoms with Gasteiger partial charge < -0.3 is 10.2 Å². The summed E-state index contributed by atoms with van der Waals surface area (Å²) < 4.78 is 27.8. The van der Waals surface area contributed by atoms with Gasteiger partial charge in [-0.1, -0.05) is 6.07 Å². The Morgan fingerprint density at radius 3 is 2.06 bits per heavy atom. The topological polar surface area (TPSA) is 15.3 Å². The molecule has 1 aromatic carbocycles. The van der Waals surface area contributed by atoms with Gasteiger partial charge in [0, 0.05) is 26.2 Å². The van der Waals surface area contributed by atoms with E-state index >= 15 is 0 Å². The van der Waals surface area contributed by atoms with E-state index in [1.807, 2.05) is 0 Å². The average Bonchev–Trinajstić information content (AvgIpc) is 2.28. The summed E-state index contributed by atoms with van der Waals surface area (Å²) in [6, 6.07) is 1.55. The van der Waals surface area contributed by atoms with Crippen molar-refractivity contribution in [3.8, 4) is 0 Å². The number of anilines is 1. The van der Waals surface area contributed by atoms with Gasteiger partial charge in [-0.3, -0.25) is 0 Å². The van der Waals surface area contributed by atoms with E-state index in [0.29, 0.717) is 24.2 Å². The van der Waals surface area contributed by atoms with Crippen LogP contribution in [-0.4, -0.2) is 26.2 Å². The van der Waals surface area contributed by atoms with Crippen LogP contribution in [0.1, 0.15) is 11.1 Å². The molecule has 1 aliphatic rings. The highest BCUT2D eigenvalue weighted by atomic mass is 19.1. The van der Waals surface area contributed by atoms with Gasteiger partial charge in [0.05, 0.1) is 0 Å². The van der Waals surface area contributed by atoms with Crippen molar-refractivity contribution >= 4 is 5.69 Å². The normalized spacial score (nSPS) is 16.6. The molecule has 1 aromatic rings. The van der Waals surface area contributed by atoms with Crippen LogP contribution in [0.5, 0.6) is 0 Å². The first-order valence-corrected chi connectivity index (χ1v) is 5.52. The summed E-state index contributed by atoms with van der Waals surface area (Å²) in [6.45, 7) is 6.19. The van der Waals surface area contributed by atoms with Gasteiger partial charge in [-0.25, -0.2) is 8.78 Å². The maximum Gasteiger partial charge on any atom is 0.152 e. The summed E-state index contributed by atoms with van der Waals surface area (Å²) in [5, 5.41) is 3.17. The predicted octanol–water partition coefficient (Wildman–Crippen LogP) is 1.99. The summed E-state index contributed by atoms with van der Waals surface area (Å²) in [5.41, 5.74) is 1.15. The van der Waals surface area contributed by atoms with Crippen LogP contribution in [0.25, 0.3) is 0 Å². The third kappa shape index (κ3) is 1.89. The molecule has 1 aliphatic heterocycles. The molecular formula is C12H16F2N2. The summed E-state index contributed by atoms with van der Waals surface area (Å²) in [6.07, 6.45) is 0. The molecule has 0 saturated carbocycles. The third-order valence-corrected chi connectivity index (χ3v) is 2.97. The molecule has 16 heavy (non-hydrogen) atoms. The molecule has 0 aromatic heterocycles. The monoisotopic (exact) mass is 226 g/mol. The number of rotatable bonds is 1. The number of halogens is 2. The van der Waals surface area contributed by atoms with Crippen molar-refractivity contribution in [1.82, 2.24) is 5.32 Å².